The molecule has 2 rings (SSSR count). The highest BCUT2D eigenvalue weighted by atomic mass is 79.9. The summed E-state index contributed by atoms with van der Waals surface area (Å²) in [5, 5.41) is 0. The van der Waals surface area contributed by atoms with Gasteiger partial charge in [0.05, 0.1) is 6.20 Å². The molecule has 0 saturated carbocycles. The second-order valence-electron chi connectivity index (χ2n) is 2.83. The highest BCUT2D eigenvalue weighted by Crippen LogP contribution is 2.22. The zero-order chi connectivity index (χ0) is 11.4. The maximum atomic E-state index is 5.46. The first kappa shape index (κ1) is 10.8. The molecule has 2 aromatic heterocycles. The molecule has 0 aliphatic rings. The lowest BCUT2D eigenvalue weighted by molar-refractivity contribution is 0.459. The summed E-state index contributed by atoms with van der Waals surface area (Å²) in [6.45, 7) is 0. The van der Waals surface area contributed by atoms with Crippen LogP contribution < -0.4 is 16.0 Å². The smallest absolute Gasteiger partial charge is 0.224 e. The Hall–Kier alpha value is -1.73. The first-order valence-electron chi connectivity index (χ1n) is 4.35. The van der Waals surface area contributed by atoms with Crippen LogP contribution in [0.3, 0.4) is 0 Å². The van der Waals surface area contributed by atoms with E-state index in [0.29, 0.717) is 17.4 Å². The molecular weight excluding hydrogens is 274 g/mol. The second kappa shape index (κ2) is 4.86. The summed E-state index contributed by atoms with van der Waals surface area (Å²) in [4.78, 5) is 11.8. The van der Waals surface area contributed by atoms with Gasteiger partial charge in [0.15, 0.2) is 0 Å². The lowest BCUT2D eigenvalue weighted by Gasteiger charge is -2.05. The van der Waals surface area contributed by atoms with Gasteiger partial charge in [0.25, 0.3) is 0 Å². The van der Waals surface area contributed by atoms with E-state index in [9.17, 15) is 0 Å². The predicted octanol–water partition coefficient (Wildman–Crippen LogP) is 1.71. The standard InChI is InChI=1S/C9H8BrN5O/c10-6-1-7(4-12-3-6)16-9-2-8(15-11)13-5-14-9/h1-5H,11H2,(H,13,14,15). The number of hydrogen-bond acceptors (Lipinski definition) is 6. The minimum absolute atomic E-state index is 0.392. The van der Waals surface area contributed by atoms with Gasteiger partial charge in [-0.15, -0.1) is 0 Å². The Morgan fingerprint density at radius 3 is 2.88 bits per heavy atom. The van der Waals surface area contributed by atoms with E-state index < -0.39 is 0 Å². The summed E-state index contributed by atoms with van der Waals surface area (Å²) in [6, 6.07) is 3.37. The molecule has 0 bridgehead atoms. The average molecular weight is 282 g/mol. The molecule has 16 heavy (non-hydrogen) atoms. The molecule has 0 aliphatic heterocycles. The minimum Gasteiger partial charge on any atom is -0.437 e. The Morgan fingerprint density at radius 1 is 1.25 bits per heavy atom. The molecule has 0 aromatic carbocycles. The lowest BCUT2D eigenvalue weighted by Crippen LogP contribution is -2.08. The van der Waals surface area contributed by atoms with Crippen molar-refractivity contribution in [3.63, 3.8) is 0 Å². The number of anilines is 1. The third-order valence-corrected chi connectivity index (χ3v) is 2.13. The summed E-state index contributed by atoms with van der Waals surface area (Å²) in [7, 11) is 0. The van der Waals surface area contributed by atoms with E-state index in [1.165, 1.54) is 6.33 Å². The molecule has 0 fully saturated rings. The Balaban J connectivity index is 2.20. The molecule has 0 radical (unpaired) electrons. The SMILES string of the molecule is NNc1cc(Oc2cncc(Br)c2)ncn1. The van der Waals surface area contributed by atoms with Crippen LogP contribution in [0.1, 0.15) is 0 Å². The van der Waals surface area contributed by atoms with Crippen LogP contribution in [-0.4, -0.2) is 15.0 Å². The van der Waals surface area contributed by atoms with Crippen molar-refractivity contribution in [2.24, 2.45) is 5.84 Å². The molecule has 2 heterocycles. The van der Waals surface area contributed by atoms with Gasteiger partial charge in [-0.25, -0.2) is 15.8 Å². The van der Waals surface area contributed by atoms with E-state index in [4.69, 9.17) is 10.6 Å². The van der Waals surface area contributed by atoms with Crippen LogP contribution in [0.4, 0.5) is 5.82 Å². The predicted molar refractivity (Wildman–Crippen MR) is 61.9 cm³/mol. The van der Waals surface area contributed by atoms with Crippen molar-refractivity contribution in [3.8, 4) is 11.6 Å². The molecule has 3 N–H and O–H groups in total. The third kappa shape index (κ3) is 2.65. The lowest BCUT2D eigenvalue weighted by atomic mass is 10.4. The summed E-state index contributed by atoms with van der Waals surface area (Å²) in [5.41, 5.74) is 2.41. The topological polar surface area (TPSA) is 86.0 Å². The first-order chi connectivity index (χ1) is 7.78. The maximum Gasteiger partial charge on any atom is 0.224 e. The summed E-state index contributed by atoms with van der Waals surface area (Å²) < 4.78 is 6.29. The molecule has 2 aromatic rings. The van der Waals surface area contributed by atoms with Crippen molar-refractivity contribution in [2.75, 3.05) is 5.43 Å². The van der Waals surface area contributed by atoms with Gasteiger partial charge >= 0.3 is 0 Å². The van der Waals surface area contributed by atoms with Gasteiger partial charge in [0.1, 0.15) is 17.9 Å². The van der Waals surface area contributed by atoms with Crippen LogP contribution in [0.15, 0.2) is 35.3 Å². The van der Waals surface area contributed by atoms with Gasteiger partial charge < -0.3 is 10.2 Å². The minimum atomic E-state index is 0.392. The van der Waals surface area contributed by atoms with Crippen molar-refractivity contribution in [1.29, 1.82) is 0 Å². The number of halogens is 1. The van der Waals surface area contributed by atoms with E-state index in [0.717, 1.165) is 4.47 Å². The number of nitrogens with one attached hydrogen (secondary N) is 1. The van der Waals surface area contributed by atoms with Crippen molar-refractivity contribution in [3.05, 3.63) is 35.3 Å². The van der Waals surface area contributed by atoms with Crippen molar-refractivity contribution < 1.29 is 4.74 Å². The van der Waals surface area contributed by atoms with Crippen LogP contribution >= 0.6 is 15.9 Å². The largest absolute Gasteiger partial charge is 0.437 e. The fourth-order valence-corrected chi connectivity index (χ4v) is 1.39. The molecule has 0 spiro atoms. The number of rotatable bonds is 3. The number of hydrazine groups is 1. The van der Waals surface area contributed by atoms with E-state index in [1.807, 2.05) is 0 Å². The van der Waals surface area contributed by atoms with Crippen molar-refractivity contribution in [1.82, 2.24) is 15.0 Å². The molecule has 82 valence electrons. The summed E-state index contributed by atoms with van der Waals surface area (Å²) in [6.07, 6.45) is 4.61. The number of pyridine rings is 1. The number of nitrogen functional groups attached to an aromatic ring is 1. The molecule has 0 saturated heterocycles. The zero-order valence-corrected chi connectivity index (χ0v) is 9.68. The zero-order valence-electron chi connectivity index (χ0n) is 8.09. The van der Waals surface area contributed by atoms with Gasteiger partial charge in [-0.3, -0.25) is 4.98 Å². The Bertz CT molecular complexity index is 493. The first-order valence-corrected chi connectivity index (χ1v) is 5.14. The monoisotopic (exact) mass is 281 g/mol. The summed E-state index contributed by atoms with van der Waals surface area (Å²) in [5.74, 6) is 6.67. The number of nitrogens with two attached hydrogens (primary N) is 1. The highest BCUT2D eigenvalue weighted by molar-refractivity contribution is 9.10. The Kier molecular flexibility index (Phi) is 3.28. The average Bonchev–Trinajstić information content (AvgIpc) is 2.29. The summed E-state index contributed by atoms with van der Waals surface area (Å²) >= 11 is 3.30. The third-order valence-electron chi connectivity index (χ3n) is 1.69. The van der Waals surface area contributed by atoms with Crippen LogP contribution in [0.25, 0.3) is 0 Å². The van der Waals surface area contributed by atoms with Gasteiger partial charge in [-0.05, 0) is 22.0 Å². The molecule has 0 aliphatic carbocycles. The van der Waals surface area contributed by atoms with Crippen LogP contribution in [0.2, 0.25) is 0 Å². The molecular formula is C9H8BrN5O. The van der Waals surface area contributed by atoms with Crippen LogP contribution in [-0.2, 0) is 0 Å². The van der Waals surface area contributed by atoms with Gasteiger partial charge in [0.2, 0.25) is 5.88 Å². The van der Waals surface area contributed by atoms with Crippen LogP contribution in [0.5, 0.6) is 11.6 Å². The molecule has 0 unspecified atom stereocenters. The normalized spacial score (nSPS) is 9.88. The fraction of sp³-hybridized carbons (Fsp3) is 0. The fourth-order valence-electron chi connectivity index (χ4n) is 1.04. The van der Waals surface area contributed by atoms with Crippen LogP contribution in [0, 0.1) is 0 Å². The maximum absolute atomic E-state index is 5.46. The number of nitrogens with zero attached hydrogens (tertiary/aromatic N) is 3. The van der Waals surface area contributed by atoms with E-state index in [-0.39, 0.29) is 0 Å². The molecule has 0 atom stereocenters. The molecule has 6 nitrogen and oxygen atoms in total. The van der Waals surface area contributed by atoms with Gasteiger partial charge in [-0.1, -0.05) is 0 Å². The number of ether oxygens (including phenoxy) is 1. The van der Waals surface area contributed by atoms with E-state index in [2.05, 4.69) is 36.3 Å². The van der Waals surface area contributed by atoms with Crippen molar-refractivity contribution >= 4 is 21.7 Å². The highest BCUT2D eigenvalue weighted by Gasteiger charge is 2.01. The Labute approximate surface area is 100.0 Å². The molecule has 0 amide bonds. The number of hydrogen-bond donors (Lipinski definition) is 2. The second-order valence-corrected chi connectivity index (χ2v) is 3.74. The van der Waals surface area contributed by atoms with E-state index in [1.54, 1.807) is 24.5 Å². The van der Waals surface area contributed by atoms with Gasteiger partial charge in [0, 0.05) is 16.7 Å². The number of aromatic nitrogens is 3. The quantitative estimate of drug-likeness (QED) is 0.658. The van der Waals surface area contributed by atoms with Crippen molar-refractivity contribution in [2.45, 2.75) is 0 Å². The Morgan fingerprint density at radius 2 is 2.12 bits per heavy atom. The van der Waals surface area contributed by atoms with E-state index >= 15 is 0 Å². The van der Waals surface area contributed by atoms with Gasteiger partial charge in [-0.2, -0.15) is 0 Å². The molecule has 7 heteroatoms.